The summed E-state index contributed by atoms with van der Waals surface area (Å²) < 4.78 is 0. The van der Waals surface area contributed by atoms with Crippen molar-refractivity contribution in [2.75, 3.05) is 18.0 Å². The lowest BCUT2D eigenvalue weighted by molar-refractivity contribution is -0.131. The maximum Gasteiger partial charge on any atom is 0.328 e. The van der Waals surface area contributed by atoms with Crippen molar-refractivity contribution in [2.24, 2.45) is 0 Å². The van der Waals surface area contributed by atoms with Crippen LogP contribution >= 0.6 is 0 Å². The molecule has 1 unspecified atom stereocenters. The Labute approximate surface area is 116 Å². The van der Waals surface area contributed by atoms with Gasteiger partial charge in [-0.1, -0.05) is 6.92 Å². The minimum atomic E-state index is -1.02. The molecule has 2 rings (SSSR count). The number of carboxylic acids is 1. The largest absolute Gasteiger partial charge is 0.478 e. The van der Waals surface area contributed by atoms with E-state index in [0.29, 0.717) is 31.0 Å². The van der Waals surface area contributed by atoms with Crippen LogP contribution in [0.1, 0.15) is 18.9 Å². The van der Waals surface area contributed by atoms with Crippen molar-refractivity contribution in [2.45, 2.75) is 19.4 Å². The first-order valence-corrected chi connectivity index (χ1v) is 6.39. The highest BCUT2D eigenvalue weighted by Crippen LogP contribution is 2.16. The number of carbonyl (C=O) groups is 2. The fourth-order valence-electron chi connectivity index (χ4n) is 2.09. The number of carbonyl (C=O) groups excluding carboxylic acids is 1. The molecule has 20 heavy (non-hydrogen) atoms. The summed E-state index contributed by atoms with van der Waals surface area (Å²) in [7, 11) is 0. The van der Waals surface area contributed by atoms with Gasteiger partial charge in [-0.15, -0.1) is 0 Å². The molecule has 1 aliphatic heterocycles. The molecule has 0 saturated carbocycles. The number of hydrogen-bond acceptors (Lipinski definition) is 5. The van der Waals surface area contributed by atoms with E-state index >= 15 is 0 Å². The summed E-state index contributed by atoms with van der Waals surface area (Å²) in [4.78, 5) is 32.5. The Morgan fingerprint density at radius 3 is 2.85 bits per heavy atom. The van der Waals surface area contributed by atoms with E-state index in [2.05, 4.69) is 15.3 Å². The zero-order valence-electron chi connectivity index (χ0n) is 11.1. The van der Waals surface area contributed by atoms with Crippen molar-refractivity contribution in [1.82, 2.24) is 15.3 Å². The second-order valence-corrected chi connectivity index (χ2v) is 4.40. The van der Waals surface area contributed by atoms with Crippen LogP contribution in [-0.2, 0) is 9.59 Å². The van der Waals surface area contributed by atoms with Gasteiger partial charge in [0.2, 0.25) is 11.9 Å². The average Bonchev–Trinajstić information content (AvgIpc) is 2.45. The molecule has 1 aromatic rings. The van der Waals surface area contributed by atoms with Crippen LogP contribution < -0.4 is 10.2 Å². The molecule has 0 spiro atoms. The van der Waals surface area contributed by atoms with E-state index in [0.717, 1.165) is 6.08 Å². The van der Waals surface area contributed by atoms with Crippen LogP contribution in [0.15, 0.2) is 18.5 Å². The molecule has 1 aromatic heterocycles. The van der Waals surface area contributed by atoms with Gasteiger partial charge in [-0.3, -0.25) is 4.79 Å². The maximum absolute atomic E-state index is 11.8. The number of piperazine rings is 1. The molecular weight excluding hydrogens is 260 g/mol. The van der Waals surface area contributed by atoms with Gasteiger partial charge in [0, 0.05) is 37.1 Å². The number of rotatable bonds is 4. The van der Waals surface area contributed by atoms with Crippen molar-refractivity contribution in [1.29, 1.82) is 0 Å². The van der Waals surface area contributed by atoms with Crippen LogP contribution in [0.5, 0.6) is 0 Å². The number of carboxylic acid groups (broad SMARTS) is 1. The molecule has 0 aromatic carbocycles. The third-order valence-electron chi connectivity index (χ3n) is 3.05. The third kappa shape index (κ3) is 3.11. The molecule has 7 nitrogen and oxygen atoms in total. The second-order valence-electron chi connectivity index (χ2n) is 4.40. The topological polar surface area (TPSA) is 95.4 Å². The van der Waals surface area contributed by atoms with Crippen LogP contribution in [0.25, 0.3) is 6.08 Å². The molecule has 7 heteroatoms. The first-order chi connectivity index (χ1) is 9.61. The molecule has 0 aliphatic carbocycles. The molecule has 0 radical (unpaired) electrons. The van der Waals surface area contributed by atoms with Crippen molar-refractivity contribution >= 4 is 23.9 Å². The Morgan fingerprint density at radius 1 is 1.55 bits per heavy atom. The van der Waals surface area contributed by atoms with E-state index in [1.807, 2.05) is 11.8 Å². The van der Waals surface area contributed by atoms with Crippen molar-refractivity contribution in [3.05, 3.63) is 24.0 Å². The van der Waals surface area contributed by atoms with Gasteiger partial charge in [-0.25, -0.2) is 14.8 Å². The molecule has 106 valence electrons. The summed E-state index contributed by atoms with van der Waals surface area (Å²) in [5.41, 5.74) is 0.602. The number of amides is 1. The van der Waals surface area contributed by atoms with Gasteiger partial charge in [0.1, 0.15) is 6.04 Å². The van der Waals surface area contributed by atoms with E-state index in [-0.39, 0.29) is 11.9 Å². The smallest absolute Gasteiger partial charge is 0.328 e. The van der Waals surface area contributed by atoms with Crippen molar-refractivity contribution in [3.8, 4) is 0 Å². The third-order valence-corrected chi connectivity index (χ3v) is 3.05. The molecule has 1 fully saturated rings. The number of nitrogens with zero attached hydrogens (tertiary/aromatic N) is 3. The Hall–Kier alpha value is -2.44. The predicted molar refractivity (Wildman–Crippen MR) is 73.1 cm³/mol. The maximum atomic E-state index is 11.8. The van der Waals surface area contributed by atoms with Gasteiger partial charge in [0.05, 0.1) is 0 Å². The normalized spacial score (nSPS) is 19.1. The lowest BCUT2D eigenvalue weighted by Gasteiger charge is -2.34. The molecule has 1 aliphatic rings. The molecule has 0 bridgehead atoms. The summed E-state index contributed by atoms with van der Waals surface area (Å²) >= 11 is 0. The minimum Gasteiger partial charge on any atom is -0.478 e. The fourth-order valence-corrected chi connectivity index (χ4v) is 2.09. The van der Waals surface area contributed by atoms with E-state index in [1.165, 1.54) is 6.08 Å². The molecular formula is C13H16N4O3. The summed E-state index contributed by atoms with van der Waals surface area (Å²) in [5, 5.41) is 11.4. The van der Waals surface area contributed by atoms with Crippen LogP contribution in [0.3, 0.4) is 0 Å². The van der Waals surface area contributed by atoms with E-state index in [1.54, 1.807) is 12.4 Å². The monoisotopic (exact) mass is 276 g/mol. The molecule has 1 saturated heterocycles. The van der Waals surface area contributed by atoms with Gasteiger partial charge in [-0.2, -0.15) is 0 Å². The zero-order chi connectivity index (χ0) is 14.5. The van der Waals surface area contributed by atoms with Crippen molar-refractivity contribution in [3.63, 3.8) is 0 Å². The summed E-state index contributed by atoms with van der Waals surface area (Å²) in [6.07, 6.45) is 6.21. The van der Waals surface area contributed by atoms with Gasteiger partial charge < -0.3 is 15.3 Å². The standard InChI is InChI=1S/C13H16N4O3/c1-2-10-12(20)14-5-6-17(10)13-15-7-9(8-16-13)3-4-11(18)19/h3-4,7-8,10H,2,5-6H2,1H3,(H,14,20)(H,18,19)/b4-3+. The van der Waals surface area contributed by atoms with Crippen LogP contribution in [0.2, 0.25) is 0 Å². The van der Waals surface area contributed by atoms with Crippen LogP contribution in [0, 0.1) is 0 Å². The van der Waals surface area contributed by atoms with E-state index in [9.17, 15) is 9.59 Å². The Kier molecular flexibility index (Phi) is 4.29. The number of aliphatic carboxylic acids is 1. The number of nitrogens with one attached hydrogen (secondary N) is 1. The van der Waals surface area contributed by atoms with Gasteiger partial charge in [0.25, 0.3) is 0 Å². The highest BCUT2D eigenvalue weighted by atomic mass is 16.4. The van der Waals surface area contributed by atoms with Crippen LogP contribution in [-0.4, -0.2) is 46.1 Å². The van der Waals surface area contributed by atoms with Gasteiger partial charge >= 0.3 is 5.97 Å². The average molecular weight is 276 g/mol. The summed E-state index contributed by atoms with van der Waals surface area (Å²) in [6.45, 7) is 3.17. The molecule has 1 atom stereocenters. The van der Waals surface area contributed by atoms with Crippen LogP contribution in [0.4, 0.5) is 5.95 Å². The lowest BCUT2D eigenvalue weighted by atomic mass is 10.1. The minimum absolute atomic E-state index is 0.0165. The lowest BCUT2D eigenvalue weighted by Crippen LogP contribution is -2.55. The number of anilines is 1. The molecule has 2 heterocycles. The van der Waals surface area contributed by atoms with Gasteiger partial charge in [0.15, 0.2) is 0 Å². The Morgan fingerprint density at radius 2 is 2.25 bits per heavy atom. The number of aromatic nitrogens is 2. The Bertz CT molecular complexity index is 527. The first kappa shape index (κ1) is 14.0. The highest BCUT2D eigenvalue weighted by Gasteiger charge is 2.29. The zero-order valence-corrected chi connectivity index (χ0v) is 11.1. The van der Waals surface area contributed by atoms with Gasteiger partial charge in [-0.05, 0) is 12.5 Å². The van der Waals surface area contributed by atoms with E-state index in [4.69, 9.17) is 5.11 Å². The first-order valence-electron chi connectivity index (χ1n) is 6.39. The van der Waals surface area contributed by atoms with E-state index < -0.39 is 5.97 Å². The molecule has 2 N–H and O–H groups in total. The number of hydrogen-bond donors (Lipinski definition) is 2. The summed E-state index contributed by atoms with van der Waals surface area (Å²) in [5.74, 6) is -0.552. The highest BCUT2D eigenvalue weighted by molar-refractivity contribution is 5.86. The summed E-state index contributed by atoms with van der Waals surface area (Å²) in [6, 6.07) is -0.260. The second kappa shape index (κ2) is 6.14. The Balaban J connectivity index is 2.16. The SMILES string of the molecule is CCC1C(=O)NCCN1c1ncc(/C=C/C(=O)O)cn1. The molecule has 1 amide bonds. The van der Waals surface area contributed by atoms with Crippen molar-refractivity contribution < 1.29 is 14.7 Å². The quantitative estimate of drug-likeness (QED) is 0.767. The fraction of sp³-hybridized carbons (Fsp3) is 0.385. The predicted octanol–water partition coefficient (Wildman–Crippen LogP) is 0.289.